The molecule has 0 bridgehead atoms. The van der Waals surface area contributed by atoms with Gasteiger partial charge in [-0.1, -0.05) is 42.1 Å². The molecule has 1 rings (SSSR count). The Labute approximate surface area is 97.4 Å². The molecule has 0 unspecified atom stereocenters. The fraction of sp³-hybridized carbons (Fsp3) is 0.200. The first-order chi connectivity index (χ1) is 7.18. The second kappa shape index (κ2) is 6.42. The van der Waals surface area contributed by atoms with Gasteiger partial charge >= 0.3 is 5.97 Å². The van der Waals surface area contributed by atoms with Gasteiger partial charge in [0, 0.05) is 0 Å². The van der Waals surface area contributed by atoms with E-state index in [0.717, 1.165) is 17.3 Å². The molecule has 80 valence electrons. The number of carbonyl (C=O) groups is 1. The van der Waals surface area contributed by atoms with Gasteiger partial charge in [0.2, 0.25) is 4.38 Å². The summed E-state index contributed by atoms with van der Waals surface area (Å²) >= 11 is 5.86. The zero-order valence-corrected chi connectivity index (χ0v) is 9.51. The van der Waals surface area contributed by atoms with E-state index in [0.29, 0.717) is 6.61 Å². The molecule has 0 aliphatic carbocycles. The highest BCUT2D eigenvalue weighted by Crippen LogP contribution is 2.08. The summed E-state index contributed by atoms with van der Waals surface area (Å²) in [6.45, 7) is 0.381. The zero-order chi connectivity index (χ0) is 11.1. The van der Waals surface area contributed by atoms with Gasteiger partial charge in [-0.15, -0.1) is 0 Å². The van der Waals surface area contributed by atoms with Crippen LogP contribution in [0.2, 0.25) is 0 Å². The molecule has 0 atom stereocenters. The number of carboxylic acid groups (broad SMARTS) is 1. The summed E-state index contributed by atoms with van der Waals surface area (Å²) in [6, 6.07) is 9.58. The van der Waals surface area contributed by atoms with Crippen LogP contribution in [0.15, 0.2) is 30.3 Å². The molecule has 0 radical (unpaired) electrons. The predicted octanol–water partition coefficient (Wildman–Crippen LogP) is 2.31. The number of hydrogen-bond acceptors (Lipinski definition) is 4. The van der Waals surface area contributed by atoms with Crippen LogP contribution in [0.1, 0.15) is 5.56 Å². The topological polar surface area (TPSA) is 46.5 Å². The highest BCUT2D eigenvalue weighted by molar-refractivity contribution is 8.22. The van der Waals surface area contributed by atoms with Crippen molar-refractivity contribution in [2.75, 3.05) is 5.75 Å². The van der Waals surface area contributed by atoms with Crippen molar-refractivity contribution in [3.8, 4) is 0 Å². The first-order valence-corrected chi connectivity index (χ1v) is 5.63. The minimum atomic E-state index is -0.898. The van der Waals surface area contributed by atoms with Crippen LogP contribution < -0.4 is 0 Å². The molecule has 1 aromatic carbocycles. The molecule has 0 saturated heterocycles. The van der Waals surface area contributed by atoms with Crippen LogP contribution in [0.25, 0.3) is 0 Å². The molecule has 0 heterocycles. The van der Waals surface area contributed by atoms with Gasteiger partial charge in [0.15, 0.2) is 0 Å². The second-order valence-electron chi connectivity index (χ2n) is 2.71. The van der Waals surface area contributed by atoms with Gasteiger partial charge in [-0.2, -0.15) is 0 Å². The summed E-state index contributed by atoms with van der Waals surface area (Å²) in [5.41, 5.74) is 1.01. The lowest BCUT2D eigenvalue weighted by molar-refractivity contribution is -0.133. The molecular formula is C10H10O3S2. The normalized spacial score (nSPS) is 9.60. The highest BCUT2D eigenvalue weighted by Gasteiger charge is 2.03. The van der Waals surface area contributed by atoms with Gasteiger partial charge in [-0.3, -0.25) is 4.79 Å². The van der Waals surface area contributed by atoms with E-state index in [2.05, 4.69) is 0 Å². The molecule has 0 spiro atoms. The van der Waals surface area contributed by atoms with E-state index < -0.39 is 5.97 Å². The Kier molecular flexibility index (Phi) is 5.14. The number of ether oxygens (including phenoxy) is 1. The van der Waals surface area contributed by atoms with Crippen LogP contribution in [-0.4, -0.2) is 21.2 Å². The standard InChI is InChI=1S/C10H10O3S2/c11-9(12)7-15-10(14)13-6-8-4-2-1-3-5-8/h1-5H,6-7H2,(H,11,12). The smallest absolute Gasteiger partial charge is 0.313 e. The fourth-order valence-electron chi connectivity index (χ4n) is 0.879. The average molecular weight is 242 g/mol. The minimum Gasteiger partial charge on any atom is -0.481 e. The van der Waals surface area contributed by atoms with Gasteiger partial charge in [-0.05, 0) is 17.8 Å². The Balaban J connectivity index is 2.26. The summed E-state index contributed by atoms with van der Waals surface area (Å²) < 4.78 is 5.47. The molecule has 5 heteroatoms. The van der Waals surface area contributed by atoms with E-state index in [1.54, 1.807) is 0 Å². The third-order valence-electron chi connectivity index (χ3n) is 1.51. The molecule has 0 aliphatic heterocycles. The van der Waals surface area contributed by atoms with Crippen LogP contribution >= 0.6 is 24.0 Å². The van der Waals surface area contributed by atoms with E-state index in [-0.39, 0.29) is 10.1 Å². The lowest BCUT2D eigenvalue weighted by Crippen LogP contribution is -2.04. The van der Waals surface area contributed by atoms with Crippen LogP contribution in [0.3, 0.4) is 0 Å². The summed E-state index contributed by atoms with van der Waals surface area (Å²) in [7, 11) is 0. The summed E-state index contributed by atoms with van der Waals surface area (Å²) in [4.78, 5) is 10.2. The highest BCUT2D eigenvalue weighted by atomic mass is 32.2. The summed E-state index contributed by atoms with van der Waals surface area (Å²) in [5, 5.41) is 8.41. The van der Waals surface area contributed by atoms with E-state index in [1.165, 1.54) is 0 Å². The minimum absolute atomic E-state index is 0.0619. The van der Waals surface area contributed by atoms with Gasteiger partial charge < -0.3 is 9.84 Å². The maximum Gasteiger partial charge on any atom is 0.313 e. The average Bonchev–Trinajstić information content (AvgIpc) is 2.25. The number of carboxylic acids is 1. The van der Waals surface area contributed by atoms with Gasteiger partial charge in [0.1, 0.15) is 6.61 Å². The number of hydrogen-bond donors (Lipinski definition) is 1. The van der Waals surface area contributed by atoms with Crippen LogP contribution in [0, 0.1) is 0 Å². The van der Waals surface area contributed by atoms with Crippen molar-refractivity contribution in [1.29, 1.82) is 0 Å². The molecule has 0 amide bonds. The molecule has 15 heavy (non-hydrogen) atoms. The Hall–Kier alpha value is -1.07. The summed E-state index contributed by atoms with van der Waals surface area (Å²) in [5.74, 6) is -0.959. The molecular weight excluding hydrogens is 232 g/mol. The number of thiocarbonyl (C=S) groups is 1. The van der Waals surface area contributed by atoms with Gasteiger partial charge in [0.05, 0.1) is 5.75 Å². The molecule has 0 aromatic heterocycles. The Morgan fingerprint density at radius 2 is 2.07 bits per heavy atom. The van der Waals surface area contributed by atoms with Crippen molar-refractivity contribution in [3.63, 3.8) is 0 Å². The monoisotopic (exact) mass is 242 g/mol. The molecule has 1 aromatic rings. The zero-order valence-electron chi connectivity index (χ0n) is 7.88. The molecule has 0 fully saturated rings. The van der Waals surface area contributed by atoms with Crippen LogP contribution in [0.4, 0.5) is 0 Å². The van der Waals surface area contributed by atoms with Crippen molar-refractivity contribution >= 4 is 34.3 Å². The van der Waals surface area contributed by atoms with E-state index in [4.69, 9.17) is 22.1 Å². The largest absolute Gasteiger partial charge is 0.481 e. The first kappa shape index (κ1) is 12.0. The first-order valence-electron chi connectivity index (χ1n) is 4.24. The van der Waals surface area contributed by atoms with Gasteiger partial charge in [-0.25, -0.2) is 0 Å². The molecule has 0 aliphatic rings. The predicted molar refractivity (Wildman–Crippen MR) is 63.9 cm³/mol. The number of thioether (sulfide) groups is 1. The van der Waals surface area contributed by atoms with Crippen LogP contribution in [0.5, 0.6) is 0 Å². The Morgan fingerprint density at radius 3 is 2.67 bits per heavy atom. The lowest BCUT2D eigenvalue weighted by atomic mass is 10.2. The molecule has 3 nitrogen and oxygen atoms in total. The second-order valence-corrected chi connectivity index (χ2v) is 4.28. The summed E-state index contributed by atoms with van der Waals surface area (Å²) in [6.07, 6.45) is 0. The quantitative estimate of drug-likeness (QED) is 0.821. The van der Waals surface area contributed by atoms with E-state index in [1.807, 2.05) is 30.3 Å². The maximum absolute atomic E-state index is 10.2. The number of aliphatic carboxylic acids is 1. The lowest BCUT2D eigenvalue weighted by Gasteiger charge is -2.05. The SMILES string of the molecule is O=C(O)CSC(=S)OCc1ccccc1. The third-order valence-corrected chi connectivity index (χ3v) is 2.73. The van der Waals surface area contributed by atoms with Crippen molar-refractivity contribution < 1.29 is 14.6 Å². The molecule has 1 N–H and O–H groups in total. The third kappa shape index (κ3) is 5.39. The maximum atomic E-state index is 10.2. The number of benzene rings is 1. The number of rotatable bonds is 4. The molecule has 0 saturated carbocycles. The van der Waals surface area contributed by atoms with Crippen LogP contribution in [-0.2, 0) is 16.1 Å². The van der Waals surface area contributed by atoms with Crippen molar-refractivity contribution in [2.45, 2.75) is 6.61 Å². The Morgan fingerprint density at radius 1 is 1.40 bits per heavy atom. The van der Waals surface area contributed by atoms with Crippen molar-refractivity contribution in [1.82, 2.24) is 0 Å². The van der Waals surface area contributed by atoms with Crippen molar-refractivity contribution in [2.24, 2.45) is 0 Å². The van der Waals surface area contributed by atoms with Crippen molar-refractivity contribution in [3.05, 3.63) is 35.9 Å². The fourth-order valence-corrected chi connectivity index (χ4v) is 1.50. The Bertz CT molecular complexity index is 338. The van der Waals surface area contributed by atoms with Gasteiger partial charge in [0.25, 0.3) is 0 Å². The van der Waals surface area contributed by atoms with E-state index in [9.17, 15) is 4.79 Å². The van der Waals surface area contributed by atoms with E-state index >= 15 is 0 Å².